The molecular formula is C19H27NO3. The van der Waals surface area contributed by atoms with E-state index in [4.69, 9.17) is 5.11 Å². The van der Waals surface area contributed by atoms with Gasteiger partial charge in [-0.2, -0.15) is 0 Å². The normalized spacial score (nSPS) is 16.8. The summed E-state index contributed by atoms with van der Waals surface area (Å²) in [6, 6.07) is 6.37. The smallest absolute Gasteiger partial charge is 0.304 e. The molecule has 0 aliphatic heterocycles. The van der Waals surface area contributed by atoms with Crippen LogP contribution < -0.4 is 5.32 Å². The number of nitrogens with one attached hydrogen (secondary N) is 1. The third kappa shape index (κ3) is 5.70. The van der Waals surface area contributed by atoms with Crippen molar-refractivity contribution in [1.29, 1.82) is 0 Å². The van der Waals surface area contributed by atoms with Crippen LogP contribution in [0.5, 0.6) is 0 Å². The van der Waals surface area contributed by atoms with Gasteiger partial charge in [-0.3, -0.25) is 9.59 Å². The van der Waals surface area contributed by atoms with Crippen molar-refractivity contribution in [1.82, 2.24) is 5.32 Å². The summed E-state index contributed by atoms with van der Waals surface area (Å²) in [5.41, 5.74) is 3.32. The zero-order chi connectivity index (χ0) is 16.8. The van der Waals surface area contributed by atoms with Gasteiger partial charge in [0, 0.05) is 6.04 Å². The van der Waals surface area contributed by atoms with Crippen molar-refractivity contribution in [3.05, 3.63) is 34.9 Å². The number of carboxylic acids is 1. The minimum absolute atomic E-state index is 0.113. The maximum atomic E-state index is 12.5. The van der Waals surface area contributed by atoms with Crippen LogP contribution in [0.3, 0.4) is 0 Å². The molecule has 2 N–H and O–H groups in total. The zero-order valence-corrected chi connectivity index (χ0v) is 14.1. The second-order valence-electron chi connectivity index (χ2n) is 6.84. The molecule has 1 atom stereocenters. The number of rotatable bonds is 6. The van der Waals surface area contributed by atoms with Gasteiger partial charge in [0.15, 0.2) is 0 Å². The van der Waals surface area contributed by atoms with Crippen LogP contribution in [-0.2, 0) is 16.0 Å². The molecule has 0 bridgehead atoms. The highest BCUT2D eigenvalue weighted by Gasteiger charge is 2.25. The molecule has 0 saturated heterocycles. The van der Waals surface area contributed by atoms with E-state index < -0.39 is 11.9 Å². The van der Waals surface area contributed by atoms with Crippen LogP contribution in [-0.4, -0.2) is 23.0 Å². The molecule has 1 aliphatic carbocycles. The summed E-state index contributed by atoms with van der Waals surface area (Å²) >= 11 is 0. The summed E-state index contributed by atoms with van der Waals surface area (Å²) in [6.45, 7) is 4.04. The van der Waals surface area contributed by atoms with E-state index in [1.165, 1.54) is 6.42 Å². The summed E-state index contributed by atoms with van der Waals surface area (Å²) in [5, 5.41) is 12.2. The molecule has 0 spiro atoms. The molecule has 0 heterocycles. The highest BCUT2D eigenvalue weighted by atomic mass is 16.4. The largest absolute Gasteiger partial charge is 0.481 e. The molecule has 4 heteroatoms. The molecule has 2 rings (SSSR count). The molecular weight excluding hydrogens is 290 g/mol. The fourth-order valence-electron chi connectivity index (χ4n) is 3.51. The Kier molecular flexibility index (Phi) is 6.20. The Bertz CT molecular complexity index is 541. The van der Waals surface area contributed by atoms with Gasteiger partial charge in [-0.25, -0.2) is 0 Å². The molecule has 1 unspecified atom stereocenters. The lowest BCUT2D eigenvalue weighted by Gasteiger charge is -2.25. The van der Waals surface area contributed by atoms with Crippen LogP contribution in [0.25, 0.3) is 0 Å². The second kappa shape index (κ2) is 8.14. The third-order valence-corrected chi connectivity index (χ3v) is 4.51. The van der Waals surface area contributed by atoms with Gasteiger partial charge in [0.1, 0.15) is 0 Å². The van der Waals surface area contributed by atoms with E-state index >= 15 is 0 Å². The van der Waals surface area contributed by atoms with Crippen molar-refractivity contribution in [2.24, 2.45) is 5.92 Å². The molecule has 1 amide bonds. The maximum Gasteiger partial charge on any atom is 0.304 e. The summed E-state index contributed by atoms with van der Waals surface area (Å²) in [4.78, 5) is 23.7. The Morgan fingerprint density at radius 3 is 2.30 bits per heavy atom. The zero-order valence-electron chi connectivity index (χ0n) is 14.1. The number of amides is 1. The highest BCUT2D eigenvalue weighted by Crippen LogP contribution is 2.20. The van der Waals surface area contributed by atoms with E-state index in [0.717, 1.165) is 42.4 Å². The monoisotopic (exact) mass is 317 g/mol. The van der Waals surface area contributed by atoms with E-state index in [1.54, 1.807) is 0 Å². The molecule has 126 valence electrons. The van der Waals surface area contributed by atoms with E-state index in [-0.39, 0.29) is 18.4 Å². The topological polar surface area (TPSA) is 66.4 Å². The first-order valence-corrected chi connectivity index (χ1v) is 8.53. The predicted molar refractivity (Wildman–Crippen MR) is 90.4 cm³/mol. The molecule has 1 aromatic carbocycles. The average molecular weight is 317 g/mol. The average Bonchev–Trinajstić information content (AvgIpc) is 2.46. The number of benzene rings is 1. The van der Waals surface area contributed by atoms with E-state index in [2.05, 4.69) is 11.4 Å². The van der Waals surface area contributed by atoms with Crippen molar-refractivity contribution in [2.45, 2.75) is 64.8 Å². The number of carboxylic acid groups (broad SMARTS) is 1. The number of aryl methyl sites for hydroxylation is 2. The number of hydrogen-bond acceptors (Lipinski definition) is 2. The van der Waals surface area contributed by atoms with Gasteiger partial charge in [-0.05, 0) is 38.7 Å². The summed E-state index contributed by atoms with van der Waals surface area (Å²) in [5.74, 6) is -1.53. The number of aliphatic carboxylic acids is 1. The third-order valence-electron chi connectivity index (χ3n) is 4.51. The van der Waals surface area contributed by atoms with Gasteiger partial charge in [0.2, 0.25) is 5.91 Å². The molecule has 4 nitrogen and oxygen atoms in total. The fourth-order valence-corrected chi connectivity index (χ4v) is 3.51. The van der Waals surface area contributed by atoms with Crippen LogP contribution in [0.2, 0.25) is 0 Å². The van der Waals surface area contributed by atoms with Crippen LogP contribution >= 0.6 is 0 Å². The molecule has 0 radical (unpaired) electrons. The number of carbonyl (C=O) groups is 2. The lowest BCUT2D eigenvalue weighted by molar-refractivity contribution is -0.141. The van der Waals surface area contributed by atoms with Crippen LogP contribution in [0.4, 0.5) is 0 Å². The Hall–Kier alpha value is -1.84. The Morgan fingerprint density at radius 2 is 1.74 bits per heavy atom. The van der Waals surface area contributed by atoms with Crippen molar-refractivity contribution in [3.63, 3.8) is 0 Å². The van der Waals surface area contributed by atoms with Crippen molar-refractivity contribution < 1.29 is 14.7 Å². The summed E-state index contributed by atoms with van der Waals surface area (Å²) in [6.07, 6.45) is 5.90. The standard InChI is InChI=1S/C19H27NO3/c1-13-8-14(2)10-15(9-13)11-16(12-18(21)22)19(23)20-17-6-4-3-5-7-17/h8-10,16-17H,3-7,11-12H2,1-2H3,(H,20,23)(H,21,22). The Balaban J connectivity index is 2.05. The van der Waals surface area contributed by atoms with Gasteiger partial charge in [0.05, 0.1) is 12.3 Å². The minimum atomic E-state index is -0.918. The molecule has 1 fully saturated rings. The van der Waals surface area contributed by atoms with E-state index in [1.807, 2.05) is 26.0 Å². The maximum absolute atomic E-state index is 12.5. The molecule has 0 aromatic heterocycles. The summed E-state index contributed by atoms with van der Waals surface area (Å²) in [7, 11) is 0. The van der Waals surface area contributed by atoms with Gasteiger partial charge in [-0.15, -0.1) is 0 Å². The van der Waals surface area contributed by atoms with Crippen molar-refractivity contribution >= 4 is 11.9 Å². The molecule has 1 aliphatic rings. The minimum Gasteiger partial charge on any atom is -0.481 e. The molecule has 1 aromatic rings. The van der Waals surface area contributed by atoms with Crippen molar-refractivity contribution in [2.75, 3.05) is 0 Å². The second-order valence-corrected chi connectivity index (χ2v) is 6.84. The fraction of sp³-hybridized carbons (Fsp3) is 0.579. The molecule has 23 heavy (non-hydrogen) atoms. The van der Waals surface area contributed by atoms with Gasteiger partial charge < -0.3 is 10.4 Å². The SMILES string of the molecule is Cc1cc(C)cc(CC(CC(=O)O)C(=O)NC2CCCCC2)c1. The number of carbonyl (C=O) groups excluding carboxylic acids is 1. The van der Waals surface area contributed by atoms with Crippen LogP contribution in [0.1, 0.15) is 55.2 Å². The predicted octanol–water partition coefficient (Wildman–Crippen LogP) is 3.39. The highest BCUT2D eigenvalue weighted by molar-refractivity contribution is 5.83. The Morgan fingerprint density at radius 1 is 1.13 bits per heavy atom. The lowest BCUT2D eigenvalue weighted by atomic mass is 9.91. The quantitative estimate of drug-likeness (QED) is 0.845. The van der Waals surface area contributed by atoms with E-state index in [9.17, 15) is 9.59 Å². The van der Waals surface area contributed by atoms with Gasteiger partial charge >= 0.3 is 5.97 Å². The molecule has 1 saturated carbocycles. The number of hydrogen-bond donors (Lipinski definition) is 2. The van der Waals surface area contributed by atoms with E-state index in [0.29, 0.717) is 6.42 Å². The first-order valence-electron chi connectivity index (χ1n) is 8.53. The van der Waals surface area contributed by atoms with Crippen LogP contribution in [0.15, 0.2) is 18.2 Å². The van der Waals surface area contributed by atoms with Crippen molar-refractivity contribution in [3.8, 4) is 0 Å². The first-order chi connectivity index (χ1) is 10.9. The lowest BCUT2D eigenvalue weighted by Crippen LogP contribution is -2.41. The van der Waals surface area contributed by atoms with Gasteiger partial charge in [-0.1, -0.05) is 48.6 Å². The van der Waals surface area contributed by atoms with Crippen LogP contribution in [0, 0.1) is 19.8 Å². The van der Waals surface area contributed by atoms with Gasteiger partial charge in [0.25, 0.3) is 0 Å². The first kappa shape index (κ1) is 17.5. The Labute approximate surface area is 138 Å². The summed E-state index contributed by atoms with van der Waals surface area (Å²) < 4.78 is 0.